The van der Waals surface area contributed by atoms with E-state index < -0.39 is 0 Å². The van der Waals surface area contributed by atoms with E-state index in [0.717, 1.165) is 55.6 Å². The fraction of sp³-hybridized carbons (Fsp3) is 0.0588. The number of fused-ring (bicyclic) bond motifs is 9. The highest BCUT2D eigenvalue weighted by molar-refractivity contribution is 8.00. The summed E-state index contributed by atoms with van der Waals surface area (Å²) in [6, 6.07) is 57.8. The van der Waals surface area contributed by atoms with Crippen LogP contribution in [0.2, 0.25) is 0 Å². The van der Waals surface area contributed by atoms with Gasteiger partial charge < -0.3 is 14.3 Å². The summed E-state index contributed by atoms with van der Waals surface area (Å²) in [5.74, 6) is 1.72. The fourth-order valence-corrected chi connectivity index (χ4v) is 10.3. The van der Waals surface area contributed by atoms with Crippen LogP contribution in [0.4, 0.5) is 0 Å². The number of allylic oxidation sites excluding steroid dienone is 3. The van der Waals surface area contributed by atoms with Gasteiger partial charge in [-0.1, -0.05) is 140 Å². The fourth-order valence-electron chi connectivity index (χ4n) is 8.95. The van der Waals surface area contributed by atoms with Crippen LogP contribution < -0.4 is 5.32 Å². The minimum atomic E-state index is -0.293. The zero-order valence-electron chi connectivity index (χ0n) is 30.7. The summed E-state index contributed by atoms with van der Waals surface area (Å²) in [5, 5.41) is 8.59. The molecule has 0 saturated heterocycles. The quantitative estimate of drug-likeness (QED) is 0.191. The second-order valence-corrected chi connectivity index (χ2v) is 16.1. The summed E-state index contributed by atoms with van der Waals surface area (Å²) in [5.41, 5.74) is 11.9. The van der Waals surface area contributed by atoms with Gasteiger partial charge in [-0.05, 0) is 59.2 Å². The number of rotatable bonds is 5. The molecule has 9 aromatic rings. The number of benzene rings is 7. The molecule has 7 aromatic carbocycles. The second-order valence-electron chi connectivity index (χ2n) is 14.9. The number of thioether (sulfide) groups is 1. The van der Waals surface area contributed by atoms with Crippen LogP contribution in [-0.4, -0.2) is 21.5 Å². The standard InChI is InChI=1S/C51H34N4OS/c1-3-13-31(14-4-1)49-52-50(32-15-5-2-6-16-32)54-51(53-49)41-22-12-21-40-39-20-11-19-35(47(39)56-48(40)41)33-25-28-45-42(29-33)38-27-26-34(30-46(38)57-45)55-43-23-9-7-17-36(43)37-18-8-10-24-44(37)55/h1-30,38,46,49H,(H,52,53,54). The molecule has 0 fully saturated rings. The van der Waals surface area contributed by atoms with E-state index in [1.165, 1.54) is 38.0 Å². The van der Waals surface area contributed by atoms with Gasteiger partial charge in [-0.15, -0.1) is 11.8 Å². The summed E-state index contributed by atoms with van der Waals surface area (Å²) < 4.78 is 9.38. The monoisotopic (exact) mass is 750 g/mol. The molecular formula is C51H34N4OS. The number of nitrogens with zero attached hydrogens (tertiary/aromatic N) is 3. The van der Waals surface area contributed by atoms with Crippen molar-refractivity contribution in [3.63, 3.8) is 0 Å². The maximum Gasteiger partial charge on any atom is 0.163 e. The summed E-state index contributed by atoms with van der Waals surface area (Å²) in [6.07, 6.45) is 6.90. The third-order valence-corrected chi connectivity index (χ3v) is 12.9. The SMILES string of the molecule is C1=CC2c3cc(-c4cccc5c4oc4c(C6=NC(c7ccccc7)NC(c7ccccc7)=N6)cccc45)ccc3SC2C=C1n1c2ccccc2c2ccccc21. The van der Waals surface area contributed by atoms with E-state index >= 15 is 0 Å². The van der Waals surface area contributed by atoms with E-state index in [4.69, 9.17) is 14.4 Å². The molecule has 57 heavy (non-hydrogen) atoms. The van der Waals surface area contributed by atoms with Crippen LogP contribution in [0, 0.1) is 0 Å². The number of para-hydroxylation sites is 4. The molecule has 2 aromatic heterocycles. The molecule has 4 heterocycles. The number of amidine groups is 2. The predicted octanol–water partition coefficient (Wildman–Crippen LogP) is 12.5. The Labute approximate surface area is 333 Å². The third kappa shape index (κ3) is 5.18. The zero-order valence-corrected chi connectivity index (χ0v) is 31.5. The Morgan fingerprint density at radius 2 is 1.25 bits per heavy atom. The molecule has 1 aliphatic carbocycles. The maximum absolute atomic E-state index is 6.95. The van der Waals surface area contributed by atoms with Gasteiger partial charge >= 0.3 is 0 Å². The Kier molecular flexibility index (Phi) is 7.29. The Hall–Kier alpha value is -6.89. The summed E-state index contributed by atoms with van der Waals surface area (Å²) in [6.45, 7) is 0. The first-order valence-electron chi connectivity index (χ1n) is 19.4. The molecule has 6 heteroatoms. The number of hydrogen-bond donors (Lipinski definition) is 1. The first-order valence-corrected chi connectivity index (χ1v) is 20.3. The van der Waals surface area contributed by atoms with E-state index in [9.17, 15) is 0 Å². The highest BCUT2D eigenvalue weighted by Gasteiger charge is 2.34. The van der Waals surface area contributed by atoms with E-state index in [0.29, 0.717) is 11.1 Å². The second kappa shape index (κ2) is 12.8. The van der Waals surface area contributed by atoms with Crippen molar-refractivity contribution in [1.82, 2.24) is 9.88 Å². The molecule has 0 radical (unpaired) electrons. The molecular weight excluding hydrogens is 717 g/mol. The summed E-state index contributed by atoms with van der Waals surface area (Å²) in [4.78, 5) is 11.6. The summed E-state index contributed by atoms with van der Waals surface area (Å²) in [7, 11) is 0. The van der Waals surface area contributed by atoms with Gasteiger partial charge in [0.25, 0.3) is 0 Å². The number of nitrogens with one attached hydrogen (secondary N) is 1. The van der Waals surface area contributed by atoms with Gasteiger partial charge in [0.05, 0.1) is 16.6 Å². The first-order chi connectivity index (χ1) is 28.2. The van der Waals surface area contributed by atoms with E-state index in [1.807, 2.05) is 48.2 Å². The van der Waals surface area contributed by atoms with Gasteiger partial charge in [0.2, 0.25) is 0 Å². The lowest BCUT2D eigenvalue weighted by molar-refractivity contribution is 0.664. The van der Waals surface area contributed by atoms with Crippen LogP contribution in [0.15, 0.2) is 201 Å². The smallest absolute Gasteiger partial charge is 0.163 e. The van der Waals surface area contributed by atoms with Gasteiger partial charge in [-0.2, -0.15) is 0 Å². The van der Waals surface area contributed by atoms with Crippen molar-refractivity contribution >= 4 is 72.9 Å². The number of furan rings is 1. The minimum Gasteiger partial charge on any atom is -0.455 e. The minimum absolute atomic E-state index is 0.287. The van der Waals surface area contributed by atoms with Gasteiger partial charge in [-0.25, -0.2) is 9.98 Å². The molecule has 1 N–H and O–H groups in total. The van der Waals surface area contributed by atoms with Crippen molar-refractivity contribution in [3.8, 4) is 11.1 Å². The predicted molar refractivity (Wildman–Crippen MR) is 236 cm³/mol. The molecule has 3 unspecified atom stereocenters. The van der Waals surface area contributed by atoms with Gasteiger partial charge in [0, 0.05) is 54.4 Å². The molecule has 3 atom stereocenters. The topological polar surface area (TPSA) is 54.8 Å². The third-order valence-electron chi connectivity index (χ3n) is 11.6. The normalized spacial score (nSPS) is 18.7. The van der Waals surface area contributed by atoms with Crippen molar-refractivity contribution < 1.29 is 4.42 Å². The Bertz CT molecular complexity index is 3150. The van der Waals surface area contributed by atoms with Crippen molar-refractivity contribution in [1.29, 1.82) is 0 Å². The van der Waals surface area contributed by atoms with Crippen LogP contribution >= 0.6 is 11.8 Å². The molecule has 0 bridgehead atoms. The van der Waals surface area contributed by atoms with Crippen molar-refractivity contribution in [3.05, 3.63) is 204 Å². The molecule has 0 spiro atoms. The van der Waals surface area contributed by atoms with E-state index in [-0.39, 0.29) is 12.1 Å². The average molecular weight is 751 g/mol. The maximum atomic E-state index is 6.95. The summed E-state index contributed by atoms with van der Waals surface area (Å²) >= 11 is 1.96. The molecule has 3 aliphatic rings. The Morgan fingerprint density at radius 1 is 0.596 bits per heavy atom. The van der Waals surface area contributed by atoms with Crippen molar-refractivity contribution in [2.24, 2.45) is 9.98 Å². The lowest BCUT2D eigenvalue weighted by Gasteiger charge is -2.23. The Morgan fingerprint density at radius 3 is 2.00 bits per heavy atom. The average Bonchev–Trinajstić information content (AvgIpc) is 3.96. The highest BCUT2D eigenvalue weighted by atomic mass is 32.2. The van der Waals surface area contributed by atoms with Crippen molar-refractivity contribution in [2.75, 3.05) is 0 Å². The van der Waals surface area contributed by atoms with Gasteiger partial charge in [0.15, 0.2) is 5.84 Å². The molecule has 5 nitrogen and oxygen atoms in total. The molecule has 270 valence electrons. The molecule has 12 rings (SSSR count). The van der Waals surface area contributed by atoms with Crippen molar-refractivity contribution in [2.45, 2.75) is 22.2 Å². The lowest BCUT2D eigenvalue weighted by Crippen LogP contribution is -2.33. The van der Waals surface area contributed by atoms with Gasteiger partial charge in [-0.3, -0.25) is 0 Å². The molecule has 2 aliphatic heterocycles. The first kappa shape index (κ1) is 32.4. The molecule has 0 amide bonds. The number of aliphatic imine (C=N–C) groups is 2. The highest BCUT2D eigenvalue weighted by Crippen LogP contribution is 2.51. The van der Waals surface area contributed by atoms with E-state index in [2.05, 4.69) is 156 Å². The lowest BCUT2D eigenvalue weighted by atomic mass is 9.89. The van der Waals surface area contributed by atoms with Gasteiger partial charge in [0.1, 0.15) is 23.2 Å². The van der Waals surface area contributed by atoms with Crippen LogP contribution in [0.3, 0.4) is 0 Å². The Balaban J connectivity index is 0.931. The van der Waals surface area contributed by atoms with Crippen LogP contribution in [0.25, 0.3) is 60.6 Å². The molecule has 0 saturated carbocycles. The number of hydrogen-bond acceptors (Lipinski definition) is 5. The van der Waals surface area contributed by atoms with Crippen LogP contribution in [0.1, 0.15) is 34.3 Å². The largest absolute Gasteiger partial charge is 0.455 e. The van der Waals surface area contributed by atoms with Crippen LogP contribution in [-0.2, 0) is 0 Å². The van der Waals surface area contributed by atoms with E-state index in [1.54, 1.807) is 0 Å². The van der Waals surface area contributed by atoms with Crippen LogP contribution in [0.5, 0.6) is 0 Å². The zero-order chi connectivity index (χ0) is 37.5. The number of aromatic nitrogens is 1.